The number of nitrogens with zero attached hydrogens (tertiary/aromatic N) is 3. The number of rotatable bonds is 8. The first-order valence-corrected chi connectivity index (χ1v) is 11.2. The minimum atomic E-state index is -0.169. The maximum atomic E-state index is 12.1. The zero-order chi connectivity index (χ0) is 22.1. The molecule has 0 spiro atoms. The van der Waals surface area contributed by atoms with E-state index in [4.69, 9.17) is 4.42 Å². The van der Waals surface area contributed by atoms with Crippen LogP contribution in [0.2, 0.25) is 0 Å². The molecule has 0 bridgehead atoms. The summed E-state index contributed by atoms with van der Waals surface area (Å²) in [7, 11) is 3.83. The van der Waals surface area contributed by atoms with Crippen LogP contribution in [-0.2, 0) is 6.54 Å². The number of piperidine rings is 1. The van der Waals surface area contributed by atoms with Crippen LogP contribution in [0.25, 0.3) is 0 Å². The van der Waals surface area contributed by atoms with Crippen LogP contribution in [0, 0.1) is 6.92 Å². The van der Waals surface area contributed by atoms with Gasteiger partial charge in [-0.15, -0.1) is 24.0 Å². The van der Waals surface area contributed by atoms with Gasteiger partial charge in [-0.25, -0.2) is 0 Å². The SMILES string of the molecule is CN=C(NCCCNC(=O)c1occc1C)N(C)Cc1ccc(N2CCCCC2)cc1.I. The molecule has 3 rings (SSSR count). The molecule has 1 saturated heterocycles. The van der Waals surface area contributed by atoms with Crippen LogP contribution >= 0.6 is 24.0 Å². The van der Waals surface area contributed by atoms with Gasteiger partial charge in [-0.3, -0.25) is 9.79 Å². The molecule has 1 fully saturated rings. The highest BCUT2D eigenvalue weighted by Crippen LogP contribution is 2.20. The average Bonchev–Trinajstić information content (AvgIpc) is 3.23. The molecule has 7 nitrogen and oxygen atoms in total. The Balaban J connectivity index is 0.00000363. The van der Waals surface area contributed by atoms with Crippen molar-refractivity contribution >= 4 is 41.5 Å². The number of amides is 1. The Bertz CT molecular complexity index is 860. The third-order valence-corrected chi connectivity index (χ3v) is 5.64. The van der Waals surface area contributed by atoms with E-state index < -0.39 is 0 Å². The predicted octanol–water partition coefficient (Wildman–Crippen LogP) is 4.02. The monoisotopic (exact) mass is 553 g/mol. The van der Waals surface area contributed by atoms with E-state index in [1.807, 2.05) is 14.0 Å². The summed E-state index contributed by atoms with van der Waals surface area (Å²) in [6.07, 6.45) is 6.26. The summed E-state index contributed by atoms with van der Waals surface area (Å²) in [4.78, 5) is 21.0. The van der Waals surface area contributed by atoms with Crippen molar-refractivity contribution in [2.24, 2.45) is 4.99 Å². The van der Waals surface area contributed by atoms with Crippen molar-refractivity contribution in [1.29, 1.82) is 0 Å². The van der Waals surface area contributed by atoms with Gasteiger partial charge in [0.05, 0.1) is 6.26 Å². The lowest BCUT2D eigenvalue weighted by Gasteiger charge is -2.29. The number of furan rings is 1. The smallest absolute Gasteiger partial charge is 0.287 e. The van der Waals surface area contributed by atoms with Crippen LogP contribution in [-0.4, -0.2) is 57.0 Å². The third-order valence-electron chi connectivity index (χ3n) is 5.64. The summed E-state index contributed by atoms with van der Waals surface area (Å²) >= 11 is 0. The summed E-state index contributed by atoms with van der Waals surface area (Å²) in [5.74, 6) is 1.06. The van der Waals surface area contributed by atoms with Gasteiger partial charge in [0, 0.05) is 58.1 Å². The number of benzene rings is 1. The van der Waals surface area contributed by atoms with Gasteiger partial charge >= 0.3 is 0 Å². The zero-order valence-corrected chi connectivity index (χ0v) is 21.7. The summed E-state index contributed by atoms with van der Waals surface area (Å²) in [5, 5.41) is 6.25. The van der Waals surface area contributed by atoms with Crippen LogP contribution in [0.4, 0.5) is 5.69 Å². The number of carbonyl (C=O) groups is 1. The molecule has 2 N–H and O–H groups in total. The van der Waals surface area contributed by atoms with Gasteiger partial charge < -0.3 is 24.9 Å². The molecular weight excluding hydrogens is 517 g/mol. The molecule has 0 radical (unpaired) electrons. The molecule has 0 unspecified atom stereocenters. The van der Waals surface area contributed by atoms with E-state index in [2.05, 4.69) is 49.7 Å². The lowest BCUT2D eigenvalue weighted by molar-refractivity contribution is 0.0925. The highest BCUT2D eigenvalue weighted by atomic mass is 127. The maximum absolute atomic E-state index is 12.1. The van der Waals surface area contributed by atoms with Crippen LogP contribution in [0.3, 0.4) is 0 Å². The minimum absolute atomic E-state index is 0. The van der Waals surface area contributed by atoms with Crippen LogP contribution in [0.1, 0.15) is 47.4 Å². The second kappa shape index (κ2) is 13.3. The fourth-order valence-electron chi connectivity index (χ4n) is 3.87. The maximum Gasteiger partial charge on any atom is 0.287 e. The molecule has 2 heterocycles. The largest absolute Gasteiger partial charge is 0.459 e. The highest BCUT2D eigenvalue weighted by Gasteiger charge is 2.13. The lowest BCUT2D eigenvalue weighted by Crippen LogP contribution is -2.39. The standard InChI is InChI=1S/C24H35N5O2.HI/c1-19-12-17-31-22(19)23(30)26-13-7-14-27-24(25-2)28(3)18-20-8-10-21(11-9-20)29-15-5-4-6-16-29;/h8-12,17H,4-7,13-16,18H2,1-3H3,(H,25,27)(H,26,30);1H. The normalized spacial score (nSPS) is 14.0. The van der Waals surface area contributed by atoms with Crippen molar-refractivity contribution in [2.75, 3.05) is 45.2 Å². The Morgan fingerprint density at radius 1 is 1.09 bits per heavy atom. The van der Waals surface area contributed by atoms with Gasteiger partial charge in [-0.2, -0.15) is 0 Å². The molecule has 0 saturated carbocycles. The number of nitrogens with one attached hydrogen (secondary N) is 2. The molecule has 32 heavy (non-hydrogen) atoms. The van der Waals surface area contributed by atoms with E-state index in [9.17, 15) is 4.79 Å². The molecule has 1 aromatic heterocycles. The van der Waals surface area contributed by atoms with Crippen LogP contribution in [0.5, 0.6) is 0 Å². The molecule has 1 amide bonds. The zero-order valence-electron chi connectivity index (χ0n) is 19.4. The number of carbonyl (C=O) groups excluding carboxylic acids is 1. The molecule has 1 aromatic carbocycles. The highest BCUT2D eigenvalue weighted by molar-refractivity contribution is 14.0. The van der Waals surface area contributed by atoms with E-state index in [1.54, 1.807) is 13.1 Å². The van der Waals surface area contributed by atoms with Crippen molar-refractivity contribution in [3.8, 4) is 0 Å². The van der Waals surface area contributed by atoms with Gasteiger partial charge in [0.2, 0.25) is 0 Å². The first-order valence-electron chi connectivity index (χ1n) is 11.2. The fraction of sp³-hybridized carbons (Fsp3) is 0.500. The van der Waals surface area contributed by atoms with E-state index in [1.165, 1.54) is 36.8 Å². The number of halogens is 1. The second-order valence-electron chi connectivity index (χ2n) is 8.09. The van der Waals surface area contributed by atoms with Gasteiger partial charge in [0.1, 0.15) is 0 Å². The van der Waals surface area contributed by atoms with Gasteiger partial charge in [0.15, 0.2) is 11.7 Å². The van der Waals surface area contributed by atoms with Crippen molar-refractivity contribution in [2.45, 2.75) is 39.2 Å². The number of aliphatic imine (C=N–C) groups is 1. The van der Waals surface area contributed by atoms with Crippen molar-refractivity contribution < 1.29 is 9.21 Å². The molecule has 0 aliphatic carbocycles. The summed E-state index contributed by atoms with van der Waals surface area (Å²) in [5.41, 5.74) is 3.43. The first kappa shape index (κ1) is 26.0. The molecule has 8 heteroatoms. The van der Waals surface area contributed by atoms with Crippen molar-refractivity contribution in [3.63, 3.8) is 0 Å². The van der Waals surface area contributed by atoms with Gasteiger partial charge in [-0.1, -0.05) is 12.1 Å². The molecule has 176 valence electrons. The Labute approximate surface area is 208 Å². The summed E-state index contributed by atoms with van der Waals surface area (Å²) in [6.45, 7) is 6.28. The van der Waals surface area contributed by atoms with Crippen LogP contribution in [0.15, 0.2) is 46.0 Å². The molecule has 1 aliphatic heterocycles. The van der Waals surface area contributed by atoms with Crippen molar-refractivity contribution in [1.82, 2.24) is 15.5 Å². The summed E-state index contributed by atoms with van der Waals surface area (Å²) < 4.78 is 5.21. The van der Waals surface area contributed by atoms with Gasteiger partial charge in [-0.05, 0) is 56.4 Å². The quantitative estimate of drug-likeness (QED) is 0.224. The number of hydrogen-bond acceptors (Lipinski definition) is 4. The Kier molecular flexibility index (Phi) is 10.9. The average molecular weight is 553 g/mol. The van der Waals surface area contributed by atoms with Gasteiger partial charge in [0.25, 0.3) is 5.91 Å². The third kappa shape index (κ3) is 7.43. The molecule has 2 aromatic rings. The number of guanidine groups is 1. The number of hydrogen-bond donors (Lipinski definition) is 2. The molecule has 1 aliphatic rings. The Hall–Kier alpha value is -2.23. The van der Waals surface area contributed by atoms with Crippen LogP contribution < -0.4 is 15.5 Å². The second-order valence-corrected chi connectivity index (χ2v) is 8.09. The molecular formula is C24H36IN5O2. The van der Waals surface area contributed by atoms with E-state index in [-0.39, 0.29) is 29.9 Å². The fourth-order valence-corrected chi connectivity index (χ4v) is 3.87. The van der Waals surface area contributed by atoms with E-state index in [0.717, 1.165) is 44.1 Å². The summed E-state index contributed by atoms with van der Waals surface area (Å²) in [6, 6.07) is 10.7. The predicted molar refractivity (Wildman–Crippen MR) is 141 cm³/mol. The lowest BCUT2D eigenvalue weighted by atomic mass is 10.1. The molecule has 0 atom stereocenters. The Morgan fingerprint density at radius 3 is 2.41 bits per heavy atom. The van der Waals surface area contributed by atoms with E-state index >= 15 is 0 Å². The minimum Gasteiger partial charge on any atom is -0.459 e. The number of anilines is 1. The van der Waals surface area contributed by atoms with Crippen molar-refractivity contribution in [3.05, 3.63) is 53.5 Å². The Morgan fingerprint density at radius 2 is 1.78 bits per heavy atom. The first-order chi connectivity index (χ1) is 15.1. The van der Waals surface area contributed by atoms with E-state index in [0.29, 0.717) is 12.3 Å². The number of aryl methyl sites for hydroxylation is 1. The topological polar surface area (TPSA) is 73.1 Å².